The van der Waals surface area contributed by atoms with E-state index in [4.69, 9.17) is 29.3 Å². The first kappa shape index (κ1) is 36.1. The predicted octanol–water partition coefficient (Wildman–Crippen LogP) is 13.4. The molecule has 12 aromatic rings. The van der Waals surface area contributed by atoms with E-state index in [-0.39, 0.29) is 5.75 Å². The minimum absolute atomic E-state index is 0.0648. The van der Waals surface area contributed by atoms with Crippen LogP contribution in [0.3, 0.4) is 0 Å². The van der Waals surface area contributed by atoms with Gasteiger partial charge in [0.05, 0.1) is 16.6 Å². The molecule has 4 heterocycles. The van der Waals surface area contributed by atoms with Crippen molar-refractivity contribution in [3.05, 3.63) is 200 Å². The molecule has 0 aliphatic rings. The van der Waals surface area contributed by atoms with Gasteiger partial charge in [-0.2, -0.15) is 0 Å². The molecule has 0 amide bonds. The van der Waals surface area contributed by atoms with Crippen molar-refractivity contribution in [3.63, 3.8) is 0 Å². The second-order valence-electron chi connectivity index (χ2n) is 15.4. The van der Waals surface area contributed by atoms with E-state index in [2.05, 4.69) is 71.3 Å². The first-order valence-corrected chi connectivity index (χ1v) is 20.7. The SMILES string of the molecule is Oc1c(-c2ccc(-c3nc(-c4ccccc4)c4oc5ccccc5c4n3)cc2)cccc1-c1nc(-c2ccccc2)nc(-c2ccc3c4ccccc4n(-c4ccccc4)c3c2)n1. The Hall–Kier alpha value is -8.75. The maximum atomic E-state index is 12.1. The van der Waals surface area contributed by atoms with Gasteiger partial charge in [0.25, 0.3) is 0 Å². The number of phenols is 1. The van der Waals surface area contributed by atoms with Crippen LogP contribution < -0.4 is 0 Å². The lowest BCUT2D eigenvalue weighted by atomic mass is 9.99. The number of phenolic OH excluding ortho intramolecular Hbond substituents is 1. The van der Waals surface area contributed by atoms with Gasteiger partial charge in [0, 0.05) is 49.7 Å². The molecule has 0 radical (unpaired) electrons. The molecule has 0 saturated heterocycles. The summed E-state index contributed by atoms with van der Waals surface area (Å²) in [6, 6.07) is 66.6. The molecule has 8 nitrogen and oxygen atoms in total. The van der Waals surface area contributed by atoms with Crippen LogP contribution in [0, 0.1) is 0 Å². The van der Waals surface area contributed by atoms with E-state index in [0.717, 1.165) is 77.5 Å². The average Bonchev–Trinajstić information content (AvgIpc) is 3.90. The van der Waals surface area contributed by atoms with Crippen LogP contribution in [0.4, 0.5) is 0 Å². The Morgan fingerprint density at radius 2 is 0.937 bits per heavy atom. The molecule has 12 rings (SSSR count). The fourth-order valence-corrected chi connectivity index (χ4v) is 8.57. The van der Waals surface area contributed by atoms with E-state index in [1.165, 1.54) is 0 Å². The smallest absolute Gasteiger partial charge is 0.180 e. The molecule has 8 aromatic carbocycles. The summed E-state index contributed by atoms with van der Waals surface area (Å²) in [4.78, 5) is 25.2. The molecule has 8 heteroatoms. The summed E-state index contributed by atoms with van der Waals surface area (Å²) in [7, 11) is 0. The van der Waals surface area contributed by atoms with E-state index >= 15 is 0 Å². The molecule has 0 atom stereocenters. The highest BCUT2D eigenvalue weighted by atomic mass is 16.3. The topological polar surface area (TPSA) is 103 Å². The van der Waals surface area contributed by atoms with E-state index in [1.807, 2.05) is 133 Å². The van der Waals surface area contributed by atoms with Crippen LogP contribution in [0.2, 0.25) is 0 Å². The molecule has 296 valence electrons. The molecule has 0 saturated carbocycles. The number of para-hydroxylation sites is 4. The molecule has 0 spiro atoms. The molecule has 0 bridgehead atoms. The van der Waals surface area contributed by atoms with Gasteiger partial charge in [-0.3, -0.25) is 0 Å². The minimum atomic E-state index is 0.0648. The number of furan rings is 1. The van der Waals surface area contributed by atoms with Gasteiger partial charge >= 0.3 is 0 Å². The minimum Gasteiger partial charge on any atom is -0.507 e. The summed E-state index contributed by atoms with van der Waals surface area (Å²) in [6.45, 7) is 0. The van der Waals surface area contributed by atoms with Crippen molar-refractivity contribution < 1.29 is 9.52 Å². The van der Waals surface area contributed by atoms with Gasteiger partial charge in [-0.1, -0.05) is 158 Å². The zero-order valence-corrected chi connectivity index (χ0v) is 33.6. The average molecular weight is 811 g/mol. The van der Waals surface area contributed by atoms with E-state index in [9.17, 15) is 5.11 Å². The third-order valence-electron chi connectivity index (χ3n) is 11.6. The van der Waals surface area contributed by atoms with Crippen molar-refractivity contribution in [2.24, 2.45) is 0 Å². The summed E-state index contributed by atoms with van der Waals surface area (Å²) in [6.07, 6.45) is 0. The Labute approximate surface area is 361 Å². The van der Waals surface area contributed by atoms with Crippen molar-refractivity contribution in [2.45, 2.75) is 0 Å². The zero-order valence-electron chi connectivity index (χ0n) is 33.6. The van der Waals surface area contributed by atoms with Crippen molar-refractivity contribution in [1.82, 2.24) is 29.5 Å². The highest BCUT2D eigenvalue weighted by molar-refractivity contribution is 6.10. The van der Waals surface area contributed by atoms with Crippen molar-refractivity contribution in [2.75, 3.05) is 0 Å². The van der Waals surface area contributed by atoms with Crippen LogP contribution in [-0.2, 0) is 0 Å². The van der Waals surface area contributed by atoms with Crippen LogP contribution in [0.5, 0.6) is 5.75 Å². The van der Waals surface area contributed by atoms with E-state index in [0.29, 0.717) is 40.0 Å². The Bertz CT molecular complexity index is 3680. The molecular formula is C55H34N6O2. The maximum Gasteiger partial charge on any atom is 0.180 e. The normalized spacial score (nSPS) is 11.6. The number of hydrogen-bond acceptors (Lipinski definition) is 7. The molecule has 0 unspecified atom stereocenters. The molecule has 0 aliphatic heterocycles. The van der Waals surface area contributed by atoms with E-state index < -0.39 is 0 Å². The summed E-state index contributed by atoms with van der Waals surface area (Å²) in [5.74, 6) is 2.00. The van der Waals surface area contributed by atoms with Gasteiger partial charge in [-0.15, -0.1) is 0 Å². The van der Waals surface area contributed by atoms with Crippen LogP contribution >= 0.6 is 0 Å². The van der Waals surface area contributed by atoms with Crippen LogP contribution in [-0.4, -0.2) is 34.6 Å². The first-order valence-electron chi connectivity index (χ1n) is 20.7. The summed E-state index contributed by atoms with van der Waals surface area (Å²) < 4.78 is 8.59. The molecular weight excluding hydrogens is 777 g/mol. The first-order chi connectivity index (χ1) is 31.1. The lowest BCUT2D eigenvalue weighted by molar-refractivity contribution is 0.479. The van der Waals surface area contributed by atoms with Crippen LogP contribution in [0.1, 0.15) is 0 Å². The zero-order chi connectivity index (χ0) is 41.9. The van der Waals surface area contributed by atoms with Crippen molar-refractivity contribution >= 4 is 43.9 Å². The number of aromatic hydroxyl groups is 1. The van der Waals surface area contributed by atoms with E-state index in [1.54, 1.807) is 0 Å². The third kappa shape index (κ3) is 6.20. The van der Waals surface area contributed by atoms with Gasteiger partial charge in [0.1, 0.15) is 22.5 Å². The van der Waals surface area contributed by atoms with Crippen LogP contribution in [0.15, 0.2) is 205 Å². The van der Waals surface area contributed by atoms with Crippen LogP contribution in [0.25, 0.3) is 117 Å². The fraction of sp³-hybridized carbons (Fsp3) is 0. The maximum absolute atomic E-state index is 12.1. The second-order valence-corrected chi connectivity index (χ2v) is 15.4. The Morgan fingerprint density at radius 3 is 1.71 bits per heavy atom. The highest BCUT2D eigenvalue weighted by Gasteiger charge is 2.21. The number of rotatable bonds is 7. The van der Waals surface area contributed by atoms with Gasteiger partial charge in [0.15, 0.2) is 28.9 Å². The van der Waals surface area contributed by atoms with Gasteiger partial charge in [-0.25, -0.2) is 24.9 Å². The molecule has 1 N–H and O–H groups in total. The largest absolute Gasteiger partial charge is 0.507 e. The standard InChI is InChI=1S/C55H34N6O2/c62-50-40(34-27-29-37(30-28-34)52-56-48(35-15-4-1-5-16-35)51-49(57-52)43-22-11-13-26-47(43)63-51)23-14-24-44(50)55-59-53(36-17-6-2-7-18-36)58-54(60-55)38-31-32-42-41-21-10-12-25-45(41)61(46(42)33-38)39-19-8-3-9-20-39/h1-33,62H. The van der Waals surface area contributed by atoms with Gasteiger partial charge < -0.3 is 14.1 Å². The third-order valence-corrected chi connectivity index (χ3v) is 11.6. The number of aromatic nitrogens is 6. The summed E-state index contributed by atoms with van der Waals surface area (Å²) >= 11 is 0. The summed E-state index contributed by atoms with van der Waals surface area (Å²) in [5.41, 5.74) is 11.5. The molecule has 0 aliphatic carbocycles. The van der Waals surface area contributed by atoms with Crippen molar-refractivity contribution in [1.29, 1.82) is 0 Å². The fourth-order valence-electron chi connectivity index (χ4n) is 8.57. The lowest BCUT2D eigenvalue weighted by Crippen LogP contribution is -2.01. The summed E-state index contributed by atoms with van der Waals surface area (Å²) in [5, 5.41) is 15.3. The quantitative estimate of drug-likeness (QED) is 0.171. The number of nitrogens with zero attached hydrogens (tertiary/aromatic N) is 6. The molecule has 0 fully saturated rings. The number of benzene rings is 8. The molecule has 63 heavy (non-hydrogen) atoms. The second kappa shape index (κ2) is 14.8. The Balaban J connectivity index is 0.962. The Morgan fingerprint density at radius 1 is 0.381 bits per heavy atom. The highest BCUT2D eigenvalue weighted by Crippen LogP contribution is 2.41. The number of fused-ring (bicyclic) bond motifs is 6. The van der Waals surface area contributed by atoms with Gasteiger partial charge in [0.2, 0.25) is 0 Å². The molecule has 4 aromatic heterocycles. The lowest BCUT2D eigenvalue weighted by Gasteiger charge is -2.13. The number of hydrogen-bond donors (Lipinski definition) is 1. The van der Waals surface area contributed by atoms with Crippen molar-refractivity contribution in [3.8, 4) is 79.4 Å². The predicted molar refractivity (Wildman–Crippen MR) is 251 cm³/mol. The Kier molecular flexibility index (Phi) is 8.46. The monoisotopic (exact) mass is 810 g/mol. The van der Waals surface area contributed by atoms with Gasteiger partial charge in [-0.05, 0) is 48.0 Å².